The predicted molar refractivity (Wildman–Crippen MR) is 61.6 cm³/mol. The Kier molecular flexibility index (Phi) is 3.00. The molecule has 0 saturated carbocycles. The molecule has 88 valence electrons. The summed E-state index contributed by atoms with van der Waals surface area (Å²) in [6.07, 6.45) is 1.12. The SMILES string of the molecule is CC1(C)CC[C@H](C(O)c2ccccc2F)N1. The van der Waals surface area contributed by atoms with Gasteiger partial charge in [0.25, 0.3) is 0 Å². The van der Waals surface area contributed by atoms with E-state index in [-0.39, 0.29) is 17.4 Å². The zero-order valence-electron chi connectivity index (χ0n) is 9.70. The predicted octanol–water partition coefficient (Wildman–Crippen LogP) is 2.39. The van der Waals surface area contributed by atoms with Gasteiger partial charge < -0.3 is 10.4 Å². The van der Waals surface area contributed by atoms with E-state index in [4.69, 9.17) is 0 Å². The van der Waals surface area contributed by atoms with Crippen LogP contribution in [0.5, 0.6) is 0 Å². The Morgan fingerprint density at radius 1 is 1.44 bits per heavy atom. The molecule has 1 unspecified atom stereocenters. The van der Waals surface area contributed by atoms with Crippen LogP contribution in [0, 0.1) is 5.82 Å². The van der Waals surface area contributed by atoms with Gasteiger partial charge in [0, 0.05) is 17.1 Å². The van der Waals surface area contributed by atoms with Crippen molar-refractivity contribution in [1.29, 1.82) is 0 Å². The van der Waals surface area contributed by atoms with Gasteiger partial charge in [-0.15, -0.1) is 0 Å². The number of aliphatic hydroxyl groups is 1. The summed E-state index contributed by atoms with van der Waals surface area (Å²) in [6.45, 7) is 4.20. The van der Waals surface area contributed by atoms with Crippen LogP contribution in [-0.2, 0) is 0 Å². The lowest BCUT2D eigenvalue weighted by Gasteiger charge is -2.24. The third-order valence-corrected chi connectivity index (χ3v) is 3.26. The van der Waals surface area contributed by atoms with Crippen LogP contribution >= 0.6 is 0 Å². The van der Waals surface area contributed by atoms with Gasteiger partial charge in [0.1, 0.15) is 5.82 Å². The zero-order valence-corrected chi connectivity index (χ0v) is 9.70. The fourth-order valence-corrected chi connectivity index (χ4v) is 2.33. The molecule has 16 heavy (non-hydrogen) atoms. The molecular formula is C13H18FNO. The minimum absolute atomic E-state index is 0.0386. The Bertz CT molecular complexity index is 378. The Labute approximate surface area is 95.5 Å². The molecule has 0 spiro atoms. The number of hydrogen-bond acceptors (Lipinski definition) is 2. The van der Waals surface area contributed by atoms with Gasteiger partial charge in [-0.05, 0) is 32.8 Å². The van der Waals surface area contributed by atoms with Crippen LogP contribution in [0.25, 0.3) is 0 Å². The average Bonchev–Trinajstić information content (AvgIpc) is 2.59. The fourth-order valence-electron chi connectivity index (χ4n) is 2.33. The molecule has 1 saturated heterocycles. The van der Waals surface area contributed by atoms with Crippen LogP contribution in [0.3, 0.4) is 0 Å². The molecule has 1 heterocycles. The van der Waals surface area contributed by atoms with E-state index in [1.807, 2.05) is 0 Å². The highest BCUT2D eigenvalue weighted by molar-refractivity contribution is 5.22. The first-order valence-corrected chi connectivity index (χ1v) is 5.70. The van der Waals surface area contributed by atoms with Crippen molar-refractivity contribution in [3.8, 4) is 0 Å². The van der Waals surface area contributed by atoms with Crippen LogP contribution in [0.4, 0.5) is 4.39 Å². The smallest absolute Gasteiger partial charge is 0.129 e. The van der Waals surface area contributed by atoms with Crippen molar-refractivity contribution in [1.82, 2.24) is 5.32 Å². The van der Waals surface area contributed by atoms with Gasteiger partial charge >= 0.3 is 0 Å². The Morgan fingerprint density at radius 3 is 2.69 bits per heavy atom. The van der Waals surface area contributed by atoms with E-state index < -0.39 is 6.10 Å². The van der Waals surface area contributed by atoms with Crippen molar-refractivity contribution < 1.29 is 9.50 Å². The molecule has 0 aliphatic carbocycles. The van der Waals surface area contributed by atoms with Gasteiger partial charge in [0.2, 0.25) is 0 Å². The summed E-state index contributed by atoms with van der Waals surface area (Å²) in [5.74, 6) is -0.332. The van der Waals surface area contributed by atoms with Crippen LogP contribution in [0.2, 0.25) is 0 Å². The van der Waals surface area contributed by atoms with Gasteiger partial charge in [0.15, 0.2) is 0 Å². The van der Waals surface area contributed by atoms with Crippen molar-refractivity contribution in [3.63, 3.8) is 0 Å². The fraction of sp³-hybridized carbons (Fsp3) is 0.538. The first-order chi connectivity index (χ1) is 7.49. The minimum Gasteiger partial charge on any atom is -0.387 e. The summed E-state index contributed by atoms with van der Waals surface area (Å²) in [5.41, 5.74) is 0.425. The lowest BCUT2D eigenvalue weighted by molar-refractivity contribution is 0.127. The molecule has 1 aliphatic heterocycles. The average molecular weight is 223 g/mol. The normalized spacial score (nSPS) is 25.6. The largest absolute Gasteiger partial charge is 0.387 e. The van der Waals surface area contributed by atoms with Crippen molar-refractivity contribution in [2.45, 2.75) is 44.4 Å². The van der Waals surface area contributed by atoms with E-state index in [2.05, 4.69) is 19.2 Å². The molecule has 0 aromatic heterocycles. The number of halogens is 1. The number of aliphatic hydroxyl groups excluding tert-OH is 1. The van der Waals surface area contributed by atoms with Gasteiger partial charge in [-0.2, -0.15) is 0 Å². The third kappa shape index (κ3) is 2.25. The lowest BCUT2D eigenvalue weighted by Crippen LogP contribution is -2.40. The van der Waals surface area contributed by atoms with E-state index in [0.29, 0.717) is 5.56 Å². The van der Waals surface area contributed by atoms with Crippen LogP contribution < -0.4 is 5.32 Å². The molecule has 3 heteroatoms. The van der Waals surface area contributed by atoms with Crippen molar-refractivity contribution in [2.24, 2.45) is 0 Å². The monoisotopic (exact) mass is 223 g/mol. The van der Waals surface area contributed by atoms with Gasteiger partial charge in [-0.3, -0.25) is 0 Å². The maximum atomic E-state index is 13.5. The maximum absolute atomic E-state index is 13.5. The molecule has 1 aromatic carbocycles. The molecule has 1 fully saturated rings. The lowest BCUT2D eigenvalue weighted by atomic mass is 10.00. The number of hydrogen-bond donors (Lipinski definition) is 2. The van der Waals surface area contributed by atoms with Crippen LogP contribution in [0.15, 0.2) is 24.3 Å². The van der Waals surface area contributed by atoms with E-state index >= 15 is 0 Å². The van der Waals surface area contributed by atoms with Crippen molar-refractivity contribution in [3.05, 3.63) is 35.6 Å². The van der Waals surface area contributed by atoms with E-state index in [1.165, 1.54) is 6.07 Å². The highest BCUT2D eigenvalue weighted by Gasteiger charge is 2.35. The molecule has 2 atom stereocenters. The summed E-state index contributed by atoms with van der Waals surface area (Å²) < 4.78 is 13.5. The minimum atomic E-state index is -0.761. The Morgan fingerprint density at radius 2 is 2.12 bits per heavy atom. The molecule has 0 radical (unpaired) electrons. The molecule has 0 amide bonds. The molecule has 2 N–H and O–H groups in total. The quantitative estimate of drug-likeness (QED) is 0.807. The molecular weight excluding hydrogens is 205 g/mol. The van der Waals surface area contributed by atoms with Gasteiger partial charge in [-0.25, -0.2) is 4.39 Å². The summed E-state index contributed by atoms with van der Waals surface area (Å²) in [4.78, 5) is 0. The van der Waals surface area contributed by atoms with Crippen LogP contribution in [-0.4, -0.2) is 16.7 Å². The summed E-state index contributed by atoms with van der Waals surface area (Å²) >= 11 is 0. The summed E-state index contributed by atoms with van der Waals surface area (Å²) in [5, 5.41) is 13.5. The number of rotatable bonds is 2. The summed E-state index contributed by atoms with van der Waals surface area (Å²) in [7, 11) is 0. The molecule has 1 aliphatic rings. The third-order valence-electron chi connectivity index (χ3n) is 3.26. The van der Waals surface area contributed by atoms with E-state index in [9.17, 15) is 9.50 Å². The number of nitrogens with one attached hydrogen (secondary N) is 1. The maximum Gasteiger partial charge on any atom is 0.129 e. The molecule has 2 nitrogen and oxygen atoms in total. The van der Waals surface area contributed by atoms with E-state index in [0.717, 1.165) is 12.8 Å². The topological polar surface area (TPSA) is 32.3 Å². The second-order valence-corrected chi connectivity index (χ2v) is 5.14. The van der Waals surface area contributed by atoms with Gasteiger partial charge in [0.05, 0.1) is 6.10 Å². The van der Waals surface area contributed by atoms with Crippen LogP contribution in [0.1, 0.15) is 38.4 Å². The van der Waals surface area contributed by atoms with Gasteiger partial charge in [-0.1, -0.05) is 18.2 Å². The Hall–Kier alpha value is -0.930. The first kappa shape index (κ1) is 11.6. The zero-order chi connectivity index (χ0) is 11.8. The second-order valence-electron chi connectivity index (χ2n) is 5.14. The van der Waals surface area contributed by atoms with E-state index in [1.54, 1.807) is 18.2 Å². The van der Waals surface area contributed by atoms with Crippen molar-refractivity contribution in [2.75, 3.05) is 0 Å². The second kappa shape index (κ2) is 4.15. The molecule has 2 rings (SSSR count). The standard InChI is InChI=1S/C13H18FNO/c1-13(2)8-7-11(15-13)12(16)9-5-3-4-6-10(9)14/h3-6,11-12,15-16H,7-8H2,1-2H3/t11-,12?/m1/s1. The highest BCUT2D eigenvalue weighted by atomic mass is 19.1. The first-order valence-electron chi connectivity index (χ1n) is 5.70. The molecule has 0 bridgehead atoms. The highest BCUT2D eigenvalue weighted by Crippen LogP contribution is 2.31. The number of benzene rings is 1. The summed E-state index contributed by atoms with van der Waals surface area (Å²) in [6, 6.07) is 6.37. The Balaban J connectivity index is 2.15. The molecule has 1 aromatic rings. The van der Waals surface area contributed by atoms with Crippen molar-refractivity contribution >= 4 is 0 Å².